The third kappa shape index (κ3) is 3.37. The van der Waals surface area contributed by atoms with Crippen LogP contribution in [0.5, 0.6) is 0 Å². The Balaban J connectivity index is 1.96. The van der Waals surface area contributed by atoms with Gasteiger partial charge in [-0.1, -0.05) is 36.4 Å². The summed E-state index contributed by atoms with van der Waals surface area (Å²) in [5, 5.41) is 3.42. The average molecular weight is 309 g/mol. The van der Waals surface area contributed by atoms with E-state index in [1.807, 2.05) is 0 Å². The molecule has 1 N–H and O–H groups in total. The minimum atomic E-state index is 0.778. The van der Waals surface area contributed by atoms with Crippen LogP contribution in [0.25, 0.3) is 5.70 Å². The zero-order chi connectivity index (χ0) is 16.2. The molecule has 2 aliphatic heterocycles. The molecule has 0 saturated carbocycles. The van der Waals surface area contributed by atoms with Gasteiger partial charge in [0, 0.05) is 36.3 Å². The molecule has 2 aliphatic rings. The minimum Gasteiger partial charge on any atom is -0.378 e. The van der Waals surface area contributed by atoms with E-state index in [1.54, 1.807) is 6.20 Å². The van der Waals surface area contributed by atoms with Gasteiger partial charge in [-0.05, 0) is 25.5 Å². The van der Waals surface area contributed by atoms with Gasteiger partial charge in [-0.2, -0.15) is 0 Å². The number of aliphatic imine (C=N–C) groups is 1. The third-order valence-electron chi connectivity index (χ3n) is 4.26. The molecule has 0 amide bonds. The summed E-state index contributed by atoms with van der Waals surface area (Å²) in [6.45, 7) is 11.4. The Morgan fingerprint density at radius 3 is 2.61 bits per heavy atom. The number of morpholine rings is 1. The topological polar surface area (TPSA) is 36.9 Å². The van der Waals surface area contributed by atoms with E-state index in [0.29, 0.717) is 0 Å². The van der Waals surface area contributed by atoms with Crippen molar-refractivity contribution >= 4 is 11.5 Å². The fourth-order valence-corrected chi connectivity index (χ4v) is 2.87. The summed E-state index contributed by atoms with van der Waals surface area (Å²) in [4.78, 5) is 6.77. The number of nitrogens with zero attached hydrogens (tertiary/aromatic N) is 2. The number of benzene rings is 1. The largest absolute Gasteiger partial charge is 0.378 e. The van der Waals surface area contributed by atoms with Crippen molar-refractivity contribution in [1.82, 2.24) is 10.2 Å². The Bertz CT molecular complexity index is 677. The lowest BCUT2D eigenvalue weighted by Gasteiger charge is -2.30. The SMILES string of the molecule is C=CN=C1NC(c2ccc(C)cc2)=C/C1=C(/C)N1CCOCC1. The molecule has 2 heterocycles. The lowest BCUT2D eigenvalue weighted by atomic mass is 10.1. The molecular weight excluding hydrogens is 286 g/mol. The van der Waals surface area contributed by atoms with Crippen molar-refractivity contribution in [2.24, 2.45) is 4.99 Å². The van der Waals surface area contributed by atoms with Crippen molar-refractivity contribution in [2.45, 2.75) is 13.8 Å². The van der Waals surface area contributed by atoms with Crippen LogP contribution in [0.2, 0.25) is 0 Å². The summed E-state index contributed by atoms with van der Waals surface area (Å²) in [6, 6.07) is 8.51. The highest BCUT2D eigenvalue weighted by molar-refractivity contribution is 6.11. The monoisotopic (exact) mass is 309 g/mol. The van der Waals surface area contributed by atoms with Crippen LogP contribution < -0.4 is 5.32 Å². The molecule has 23 heavy (non-hydrogen) atoms. The average Bonchev–Trinajstić information content (AvgIpc) is 3.00. The smallest absolute Gasteiger partial charge is 0.139 e. The maximum atomic E-state index is 5.45. The number of allylic oxidation sites excluding steroid dienone is 1. The van der Waals surface area contributed by atoms with Crippen LogP contribution >= 0.6 is 0 Å². The predicted molar refractivity (Wildman–Crippen MR) is 95.0 cm³/mol. The van der Waals surface area contributed by atoms with Crippen LogP contribution in [-0.2, 0) is 4.74 Å². The molecule has 4 heteroatoms. The second-order valence-electron chi connectivity index (χ2n) is 5.81. The molecule has 0 bridgehead atoms. The number of ether oxygens (including phenoxy) is 1. The Morgan fingerprint density at radius 2 is 1.96 bits per heavy atom. The maximum absolute atomic E-state index is 5.45. The van der Waals surface area contributed by atoms with E-state index in [1.165, 1.54) is 11.3 Å². The molecule has 0 atom stereocenters. The second-order valence-corrected chi connectivity index (χ2v) is 5.81. The lowest BCUT2D eigenvalue weighted by molar-refractivity contribution is 0.0536. The van der Waals surface area contributed by atoms with E-state index < -0.39 is 0 Å². The van der Waals surface area contributed by atoms with Crippen LogP contribution in [-0.4, -0.2) is 37.0 Å². The van der Waals surface area contributed by atoms with Gasteiger partial charge in [-0.15, -0.1) is 0 Å². The van der Waals surface area contributed by atoms with Gasteiger partial charge < -0.3 is 15.0 Å². The molecule has 1 saturated heterocycles. The summed E-state index contributed by atoms with van der Waals surface area (Å²) >= 11 is 0. The van der Waals surface area contributed by atoms with Gasteiger partial charge in [0.05, 0.1) is 13.2 Å². The standard InChI is InChI=1S/C19H23N3O/c1-4-20-19-17(15(3)22-9-11-23-12-10-22)13-18(21-19)16-7-5-14(2)6-8-16/h4-8,13H,1,9-12H2,2-3H3,(H,20,21)/b17-15+. The van der Waals surface area contributed by atoms with Gasteiger partial charge in [-0.25, -0.2) is 4.99 Å². The van der Waals surface area contributed by atoms with Crippen molar-refractivity contribution in [1.29, 1.82) is 0 Å². The first kappa shape index (κ1) is 15.6. The molecule has 3 rings (SSSR count). The zero-order valence-corrected chi connectivity index (χ0v) is 13.8. The number of rotatable bonds is 3. The Morgan fingerprint density at radius 1 is 1.26 bits per heavy atom. The van der Waals surface area contributed by atoms with Crippen LogP contribution in [0.15, 0.2) is 59.4 Å². The van der Waals surface area contributed by atoms with E-state index in [-0.39, 0.29) is 0 Å². The van der Waals surface area contributed by atoms with Gasteiger partial charge in [0.15, 0.2) is 0 Å². The van der Waals surface area contributed by atoms with E-state index in [0.717, 1.165) is 49.0 Å². The van der Waals surface area contributed by atoms with Gasteiger partial charge >= 0.3 is 0 Å². The molecule has 0 aliphatic carbocycles. The van der Waals surface area contributed by atoms with Gasteiger partial charge in [0.2, 0.25) is 0 Å². The number of hydrogen-bond acceptors (Lipinski definition) is 3. The Hall–Kier alpha value is -2.33. The maximum Gasteiger partial charge on any atom is 0.139 e. The van der Waals surface area contributed by atoms with Crippen molar-refractivity contribution in [3.05, 3.63) is 65.5 Å². The van der Waals surface area contributed by atoms with E-state index >= 15 is 0 Å². The normalized spacial score (nSPS) is 21.9. The van der Waals surface area contributed by atoms with Crippen LogP contribution in [0.1, 0.15) is 18.1 Å². The molecule has 0 unspecified atom stereocenters. The number of amidine groups is 1. The van der Waals surface area contributed by atoms with Gasteiger partial charge in [-0.3, -0.25) is 0 Å². The van der Waals surface area contributed by atoms with E-state index in [2.05, 4.69) is 66.0 Å². The predicted octanol–water partition coefficient (Wildman–Crippen LogP) is 3.09. The molecule has 120 valence electrons. The van der Waals surface area contributed by atoms with Gasteiger partial charge in [0.25, 0.3) is 0 Å². The summed E-state index contributed by atoms with van der Waals surface area (Å²) in [6.07, 6.45) is 3.76. The third-order valence-corrected chi connectivity index (χ3v) is 4.26. The van der Waals surface area contributed by atoms with Crippen LogP contribution in [0, 0.1) is 6.92 Å². The molecule has 0 aromatic heterocycles. The van der Waals surface area contributed by atoms with Crippen molar-refractivity contribution in [2.75, 3.05) is 26.3 Å². The zero-order valence-electron chi connectivity index (χ0n) is 13.8. The number of hydrogen-bond donors (Lipinski definition) is 1. The molecule has 4 nitrogen and oxygen atoms in total. The van der Waals surface area contributed by atoms with Crippen molar-refractivity contribution in [3.8, 4) is 0 Å². The van der Waals surface area contributed by atoms with Crippen LogP contribution in [0.3, 0.4) is 0 Å². The number of nitrogens with one attached hydrogen (secondary N) is 1. The molecular formula is C19H23N3O. The second kappa shape index (κ2) is 6.84. The summed E-state index contributed by atoms with van der Waals surface area (Å²) in [5.74, 6) is 0.861. The molecule has 1 aromatic rings. The number of aryl methyl sites for hydroxylation is 1. The fraction of sp³-hybridized carbons (Fsp3) is 0.316. The van der Waals surface area contributed by atoms with Crippen molar-refractivity contribution < 1.29 is 4.74 Å². The molecule has 1 aromatic carbocycles. The molecule has 1 fully saturated rings. The minimum absolute atomic E-state index is 0.778. The summed E-state index contributed by atoms with van der Waals surface area (Å²) in [7, 11) is 0. The summed E-state index contributed by atoms with van der Waals surface area (Å²) in [5.41, 5.74) is 5.85. The first-order valence-corrected chi connectivity index (χ1v) is 7.97. The highest BCUT2D eigenvalue weighted by atomic mass is 16.5. The first-order chi connectivity index (χ1) is 11.2. The molecule has 0 radical (unpaired) electrons. The van der Waals surface area contributed by atoms with Gasteiger partial charge in [0.1, 0.15) is 5.84 Å². The van der Waals surface area contributed by atoms with Crippen molar-refractivity contribution in [3.63, 3.8) is 0 Å². The van der Waals surface area contributed by atoms with E-state index in [4.69, 9.17) is 4.74 Å². The first-order valence-electron chi connectivity index (χ1n) is 7.97. The Kier molecular flexibility index (Phi) is 4.63. The summed E-state index contributed by atoms with van der Waals surface area (Å²) < 4.78 is 5.45. The lowest BCUT2D eigenvalue weighted by Crippen LogP contribution is -2.36. The Labute approximate surface area is 137 Å². The fourth-order valence-electron chi connectivity index (χ4n) is 2.87. The highest BCUT2D eigenvalue weighted by Crippen LogP contribution is 2.25. The van der Waals surface area contributed by atoms with Crippen LogP contribution in [0.4, 0.5) is 0 Å². The quantitative estimate of drug-likeness (QED) is 0.932. The molecule has 0 spiro atoms. The van der Waals surface area contributed by atoms with E-state index in [9.17, 15) is 0 Å². The highest BCUT2D eigenvalue weighted by Gasteiger charge is 2.22.